The molecule has 0 aliphatic carbocycles. The molecule has 1 fully saturated rings. The monoisotopic (exact) mass is 275 g/mol. The highest BCUT2D eigenvalue weighted by Gasteiger charge is 2.18. The highest BCUT2D eigenvalue weighted by molar-refractivity contribution is 7.11. The molecular weight excluding hydrogens is 254 g/mol. The molecule has 1 atom stereocenters. The summed E-state index contributed by atoms with van der Waals surface area (Å²) < 4.78 is 2.30. The van der Waals surface area contributed by atoms with Gasteiger partial charge in [-0.1, -0.05) is 13.3 Å². The molecule has 0 saturated carbocycles. The zero-order valence-corrected chi connectivity index (χ0v) is 12.2. The van der Waals surface area contributed by atoms with Gasteiger partial charge in [0.2, 0.25) is 0 Å². The number of nitrogens with zero attached hydrogens (tertiary/aromatic N) is 2. The van der Waals surface area contributed by atoms with Crippen LogP contribution in [0.5, 0.6) is 0 Å². The molecule has 0 radical (unpaired) electrons. The summed E-state index contributed by atoms with van der Waals surface area (Å²) in [5.74, 6) is 0. The number of imidazole rings is 1. The predicted octanol–water partition coefficient (Wildman–Crippen LogP) is 3.37. The number of aryl methyl sites for hydroxylation is 1. The van der Waals surface area contributed by atoms with Crippen molar-refractivity contribution in [2.45, 2.75) is 45.2 Å². The van der Waals surface area contributed by atoms with Crippen LogP contribution in [0.3, 0.4) is 0 Å². The van der Waals surface area contributed by atoms with Crippen LogP contribution in [0.2, 0.25) is 0 Å². The number of hydrogen-bond acceptors (Lipinski definition) is 3. The van der Waals surface area contributed by atoms with E-state index in [1.807, 2.05) is 23.9 Å². The molecule has 1 aliphatic heterocycles. The van der Waals surface area contributed by atoms with Crippen LogP contribution in [-0.4, -0.2) is 16.1 Å². The lowest BCUT2D eigenvalue weighted by atomic mass is 10.0. The summed E-state index contributed by atoms with van der Waals surface area (Å²) in [5, 5.41) is 3.61. The van der Waals surface area contributed by atoms with E-state index in [2.05, 4.69) is 33.9 Å². The van der Waals surface area contributed by atoms with Crippen LogP contribution in [0.15, 0.2) is 24.7 Å². The molecule has 4 heteroatoms. The molecule has 3 heterocycles. The van der Waals surface area contributed by atoms with E-state index in [4.69, 9.17) is 0 Å². The van der Waals surface area contributed by atoms with Crippen LogP contribution in [0.1, 0.15) is 47.7 Å². The Bertz CT molecular complexity index is 523. The molecule has 2 aromatic heterocycles. The predicted molar refractivity (Wildman–Crippen MR) is 79.6 cm³/mol. The molecule has 0 spiro atoms. The van der Waals surface area contributed by atoms with Gasteiger partial charge in [-0.2, -0.15) is 0 Å². The van der Waals surface area contributed by atoms with Crippen LogP contribution in [-0.2, 0) is 13.0 Å². The fourth-order valence-corrected chi connectivity index (χ4v) is 3.68. The molecule has 0 amide bonds. The van der Waals surface area contributed by atoms with E-state index in [-0.39, 0.29) is 0 Å². The Kier molecular flexibility index (Phi) is 3.99. The minimum Gasteiger partial charge on any atom is -0.328 e. The maximum absolute atomic E-state index is 4.35. The largest absolute Gasteiger partial charge is 0.328 e. The van der Waals surface area contributed by atoms with Gasteiger partial charge in [-0.15, -0.1) is 11.3 Å². The van der Waals surface area contributed by atoms with E-state index in [1.165, 1.54) is 34.7 Å². The van der Waals surface area contributed by atoms with Crippen LogP contribution in [0.4, 0.5) is 0 Å². The number of thiophene rings is 1. The van der Waals surface area contributed by atoms with Crippen molar-refractivity contribution in [3.8, 4) is 0 Å². The van der Waals surface area contributed by atoms with E-state index in [0.29, 0.717) is 6.04 Å². The van der Waals surface area contributed by atoms with Crippen molar-refractivity contribution in [1.82, 2.24) is 14.9 Å². The van der Waals surface area contributed by atoms with Crippen LogP contribution < -0.4 is 5.32 Å². The molecule has 19 heavy (non-hydrogen) atoms. The van der Waals surface area contributed by atoms with Gasteiger partial charge in [0.25, 0.3) is 0 Å². The molecule has 1 N–H and O–H groups in total. The lowest BCUT2D eigenvalue weighted by molar-refractivity contribution is 0.396. The molecule has 3 rings (SSSR count). The Hall–Kier alpha value is -1.13. The summed E-state index contributed by atoms with van der Waals surface area (Å²) >= 11 is 1.92. The summed E-state index contributed by atoms with van der Waals surface area (Å²) in [6, 6.07) is 4.98. The second-order valence-electron chi connectivity index (χ2n) is 5.17. The van der Waals surface area contributed by atoms with Crippen molar-refractivity contribution < 1.29 is 0 Å². The summed E-state index contributed by atoms with van der Waals surface area (Å²) in [6.45, 7) is 4.30. The fraction of sp³-hybridized carbons (Fsp3) is 0.533. The van der Waals surface area contributed by atoms with Gasteiger partial charge in [0.05, 0.1) is 18.6 Å². The first kappa shape index (κ1) is 12.9. The van der Waals surface area contributed by atoms with Crippen molar-refractivity contribution in [1.29, 1.82) is 0 Å². The average Bonchev–Trinajstić information content (AvgIpc) is 3.09. The van der Waals surface area contributed by atoms with Crippen LogP contribution in [0.25, 0.3) is 0 Å². The van der Waals surface area contributed by atoms with Gasteiger partial charge >= 0.3 is 0 Å². The maximum atomic E-state index is 4.35. The van der Waals surface area contributed by atoms with Gasteiger partial charge in [-0.25, -0.2) is 4.98 Å². The Balaban J connectivity index is 1.75. The first-order valence-electron chi connectivity index (χ1n) is 7.18. The zero-order chi connectivity index (χ0) is 13.1. The molecule has 1 aliphatic rings. The quantitative estimate of drug-likeness (QED) is 0.927. The van der Waals surface area contributed by atoms with Gasteiger partial charge in [-0.05, 0) is 37.9 Å². The third kappa shape index (κ3) is 2.90. The van der Waals surface area contributed by atoms with Crippen molar-refractivity contribution in [3.63, 3.8) is 0 Å². The van der Waals surface area contributed by atoms with E-state index in [9.17, 15) is 0 Å². The average molecular weight is 275 g/mol. The van der Waals surface area contributed by atoms with E-state index < -0.39 is 0 Å². The maximum Gasteiger partial charge on any atom is 0.0952 e. The lowest BCUT2D eigenvalue weighted by Gasteiger charge is -2.24. The third-order valence-electron chi connectivity index (χ3n) is 3.80. The topological polar surface area (TPSA) is 29.9 Å². The Morgan fingerprint density at radius 3 is 3.00 bits per heavy atom. The molecule has 3 nitrogen and oxygen atoms in total. The van der Waals surface area contributed by atoms with Crippen LogP contribution in [0, 0.1) is 0 Å². The molecule has 0 aromatic carbocycles. The number of nitrogens with one attached hydrogen (secondary N) is 1. The van der Waals surface area contributed by atoms with Gasteiger partial charge in [-0.3, -0.25) is 0 Å². The Morgan fingerprint density at radius 2 is 2.26 bits per heavy atom. The Labute approximate surface area is 118 Å². The van der Waals surface area contributed by atoms with E-state index in [1.54, 1.807) is 0 Å². The van der Waals surface area contributed by atoms with Gasteiger partial charge in [0, 0.05) is 22.0 Å². The molecule has 1 unspecified atom stereocenters. The van der Waals surface area contributed by atoms with Gasteiger partial charge < -0.3 is 9.88 Å². The summed E-state index contributed by atoms with van der Waals surface area (Å²) in [5.41, 5.74) is 1.34. The lowest BCUT2D eigenvalue weighted by Crippen LogP contribution is -2.28. The second-order valence-corrected chi connectivity index (χ2v) is 6.42. The summed E-state index contributed by atoms with van der Waals surface area (Å²) in [7, 11) is 0. The first-order chi connectivity index (χ1) is 9.36. The standard InChI is InChI=1S/C15H21N3S/c1-2-12-6-7-13(19-12)10-18-11-16-9-15(18)14-5-3-4-8-17-14/h6-7,9,11,14,17H,2-5,8,10H2,1H3. The number of aromatic nitrogens is 2. The van der Waals surface area contributed by atoms with E-state index in [0.717, 1.165) is 19.5 Å². The summed E-state index contributed by atoms with van der Waals surface area (Å²) in [6.07, 6.45) is 8.98. The van der Waals surface area contributed by atoms with Gasteiger partial charge in [0.15, 0.2) is 0 Å². The molecule has 2 aromatic rings. The van der Waals surface area contributed by atoms with Gasteiger partial charge in [0.1, 0.15) is 0 Å². The normalized spacial score (nSPS) is 19.7. The van der Waals surface area contributed by atoms with Crippen molar-refractivity contribution >= 4 is 11.3 Å². The SMILES string of the molecule is CCc1ccc(Cn2cncc2C2CCCCN2)s1. The van der Waals surface area contributed by atoms with E-state index >= 15 is 0 Å². The van der Waals surface area contributed by atoms with Crippen LogP contribution >= 0.6 is 11.3 Å². The highest BCUT2D eigenvalue weighted by Crippen LogP contribution is 2.24. The van der Waals surface area contributed by atoms with Crippen molar-refractivity contribution in [2.75, 3.05) is 6.54 Å². The first-order valence-corrected chi connectivity index (χ1v) is 7.99. The fourth-order valence-electron chi connectivity index (χ4n) is 2.72. The summed E-state index contributed by atoms with van der Waals surface area (Å²) in [4.78, 5) is 7.24. The molecular formula is C15H21N3S. The molecule has 0 bridgehead atoms. The number of piperidine rings is 1. The van der Waals surface area contributed by atoms with Crippen molar-refractivity contribution in [3.05, 3.63) is 40.1 Å². The number of rotatable bonds is 4. The Morgan fingerprint density at radius 1 is 1.37 bits per heavy atom. The number of hydrogen-bond donors (Lipinski definition) is 1. The smallest absolute Gasteiger partial charge is 0.0952 e. The highest BCUT2D eigenvalue weighted by atomic mass is 32.1. The zero-order valence-electron chi connectivity index (χ0n) is 11.4. The minimum absolute atomic E-state index is 0.488. The minimum atomic E-state index is 0.488. The molecule has 102 valence electrons. The van der Waals surface area contributed by atoms with Crippen molar-refractivity contribution in [2.24, 2.45) is 0 Å². The third-order valence-corrected chi connectivity index (χ3v) is 5.02. The second kappa shape index (κ2) is 5.88. The molecule has 1 saturated heterocycles.